The van der Waals surface area contributed by atoms with Gasteiger partial charge in [-0.25, -0.2) is 9.97 Å². The number of esters is 1. The molecule has 0 saturated heterocycles. The molecule has 1 aromatic carbocycles. The van der Waals surface area contributed by atoms with E-state index >= 15 is 0 Å². The van der Waals surface area contributed by atoms with Gasteiger partial charge in [-0.2, -0.15) is 0 Å². The highest BCUT2D eigenvalue weighted by Crippen LogP contribution is 2.36. The highest BCUT2D eigenvalue weighted by atomic mass is 16.5. The summed E-state index contributed by atoms with van der Waals surface area (Å²) in [6, 6.07) is 11.2. The van der Waals surface area contributed by atoms with E-state index in [-0.39, 0.29) is 23.7 Å². The van der Waals surface area contributed by atoms with E-state index in [0.29, 0.717) is 41.5 Å². The van der Waals surface area contributed by atoms with Crippen molar-refractivity contribution in [2.24, 2.45) is 7.05 Å². The van der Waals surface area contributed by atoms with Gasteiger partial charge in [0.2, 0.25) is 5.88 Å². The highest BCUT2D eigenvalue weighted by Gasteiger charge is 2.35. The molecule has 0 fully saturated rings. The number of pyridine rings is 1. The summed E-state index contributed by atoms with van der Waals surface area (Å²) in [6.07, 6.45) is 0.858. The minimum absolute atomic E-state index is 0.236. The average molecular weight is 449 g/mol. The van der Waals surface area contributed by atoms with Crippen LogP contribution in [0.2, 0.25) is 0 Å². The maximum Gasteiger partial charge on any atom is 0.302 e. The van der Waals surface area contributed by atoms with Gasteiger partial charge >= 0.3 is 5.97 Å². The maximum atomic E-state index is 13.4. The first-order valence-corrected chi connectivity index (χ1v) is 11.0. The molecule has 4 rings (SSSR count). The number of rotatable bonds is 6. The zero-order valence-corrected chi connectivity index (χ0v) is 19.5. The number of benzene rings is 1. The van der Waals surface area contributed by atoms with Gasteiger partial charge in [0.05, 0.1) is 24.5 Å². The second kappa shape index (κ2) is 9.05. The Kier molecular flexibility index (Phi) is 6.18. The predicted octanol–water partition coefficient (Wildman–Crippen LogP) is 3.36. The molecule has 1 N–H and O–H groups in total. The Balaban J connectivity index is 1.78. The van der Waals surface area contributed by atoms with Crippen LogP contribution in [0.3, 0.4) is 0 Å². The van der Waals surface area contributed by atoms with Crippen LogP contribution in [0, 0.1) is 6.92 Å². The Morgan fingerprint density at radius 3 is 2.64 bits per heavy atom. The molecule has 2 aromatic heterocycles. The standard InChI is InChI=1S/C25H28N4O4/c1-6-19-24(28-22-18-10-8-7-9-16(18)13-20(22)33-15(3)30)29(4)25(31)23(27-19)17-11-12-21(32-5)26-14(17)2/h7-12,20,22,28H,6,13H2,1-5H3/t20-,22-/m0/s1. The number of aromatic nitrogens is 3. The van der Waals surface area contributed by atoms with Crippen molar-refractivity contribution in [1.82, 2.24) is 14.5 Å². The second-order valence-electron chi connectivity index (χ2n) is 8.13. The van der Waals surface area contributed by atoms with Crippen molar-refractivity contribution in [2.45, 2.75) is 45.8 Å². The Bertz CT molecular complexity index is 1270. The van der Waals surface area contributed by atoms with Crippen LogP contribution < -0.4 is 15.6 Å². The number of aryl methyl sites for hydroxylation is 2. The molecule has 0 unspecified atom stereocenters. The van der Waals surface area contributed by atoms with Crippen LogP contribution in [-0.4, -0.2) is 33.7 Å². The number of fused-ring (bicyclic) bond motifs is 1. The van der Waals surface area contributed by atoms with Gasteiger partial charge in [-0.05, 0) is 30.5 Å². The largest absolute Gasteiger partial charge is 0.481 e. The minimum Gasteiger partial charge on any atom is -0.481 e. The monoisotopic (exact) mass is 448 g/mol. The van der Waals surface area contributed by atoms with Crippen LogP contribution in [0.1, 0.15) is 42.4 Å². The van der Waals surface area contributed by atoms with Crippen molar-refractivity contribution in [2.75, 3.05) is 12.4 Å². The topological polar surface area (TPSA) is 95.3 Å². The number of nitrogens with one attached hydrogen (secondary N) is 1. The molecule has 2 heterocycles. The fourth-order valence-corrected chi connectivity index (χ4v) is 4.39. The normalized spacial score (nSPS) is 16.9. The van der Waals surface area contributed by atoms with E-state index in [4.69, 9.17) is 14.5 Å². The number of hydrogen-bond acceptors (Lipinski definition) is 7. The van der Waals surface area contributed by atoms with Crippen molar-refractivity contribution in [1.29, 1.82) is 0 Å². The molecule has 1 aliphatic rings. The van der Waals surface area contributed by atoms with E-state index in [0.717, 1.165) is 16.8 Å². The number of carbonyl (C=O) groups is 1. The van der Waals surface area contributed by atoms with Crippen molar-refractivity contribution >= 4 is 11.8 Å². The molecule has 0 radical (unpaired) electrons. The smallest absolute Gasteiger partial charge is 0.302 e. The molecule has 8 heteroatoms. The lowest BCUT2D eigenvalue weighted by Crippen LogP contribution is -2.31. The van der Waals surface area contributed by atoms with E-state index < -0.39 is 0 Å². The fourth-order valence-electron chi connectivity index (χ4n) is 4.39. The van der Waals surface area contributed by atoms with Gasteiger partial charge in [-0.15, -0.1) is 0 Å². The first kappa shape index (κ1) is 22.5. The lowest BCUT2D eigenvalue weighted by Gasteiger charge is -2.25. The quantitative estimate of drug-likeness (QED) is 0.578. The molecule has 3 aromatic rings. The summed E-state index contributed by atoms with van der Waals surface area (Å²) < 4.78 is 12.4. The van der Waals surface area contributed by atoms with Crippen molar-refractivity contribution in [3.05, 3.63) is 69.3 Å². The van der Waals surface area contributed by atoms with Gasteiger partial charge in [0.15, 0.2) is 0 Å². The van der Waals surface area contributed by atoms with Crippen molar-refractivity contribution < 1.29 is 14.3 Å². The molecule has 0 saturated carbocycles. The van der Waals surface area contributed by atoms with E-state index in [9.17, 15) is 9.59 Å². The van der Waals surface area contributed by atoms with Crippen LogP contribution in [0.4, 0.5) is 5.82 Å². The van der Waals surface area contributed by atoms with Crippen LogP contribution in [0.5, 0.6) is 5.88 Å². The molecule has 2 atom stereocenters. The van der Waals surface area contributed by atoms with Crippen molar-refractivity contribution in [3.8, 4) is 17.1 Å². The van der Waals surface area contributed by atoms with E-state index in [2.05, 4.69) is 10.3 Å². The molecule has 1 aliphatic carbocycles. The number of ether oxygens (including phenoxy) is 2. The molecule has 0 spiro atoms. The summed E-state index contributed by atoms with van der Waals surface area (Å²) in [6.45, 7) is 5.23. The van der Waals surface area contributed by atoms with E-state index in [1.165, 1.54) is 6.92 Å². The number of hydrogen-bond donors (Lipinski definition) is 1. The van der Waals surface area contributed by atoms with Crippen LogP contribution in [-0.2, 0) is 29.4 Å². The number of nitrogens with zero attached hydrogens (tertiary/aromatic N) is 3. The molecule has 172 valence electrons. The third-order valence-corrected chi connectivity index (χ3v) is 6.01. The van der Waals surface area contributed by atoms with Gasteiger partial charge in [0.1, 0.15) is 17.6 Å². The third-order valence-electron chi connectivity index (χ3n) is 6.01. The van der Waals surface area contributed by atoms with Crippen molar-refractivity contribution in [3.63, 3.8) is 0 Å². The summed E-state index contributed by atoms with van der Waals surface area (Å²) in [5.41, 5.74) is 4.36. The van der Waals surface area contributed by atoms with Crippen LogP contribution in [0.15, 0.2) is 41.2 Å². The first-order chi connectivity index (χ1) is 15.8. The Morgan fingerprint density at radius 2 is 1.97 bits per heavy atom. The molecule has 33 heavy (non-hydrogen) atoms. The second-order valence-corrected chi connectivity index (χ2v) is 8.13. The van der Waals surface area contributed by atoms with Crippen LogP contribution >= 0.6 is 0 Å². The fraction of sp³-hybridized carbons (Fsp3) is 0.360. The Hall–Kier alpha value is -3.68. The van der Waals surface area contributed by atoms with Gasteiger partial charge in [0, 0.05) is 32.0 Å². The summed E-state index contributed by atoms with van der Waals surface area (Å²) in [7, 11) is 3.28. The molecule has 0 aliphatic heterocycles. The predicted molar refractivity (Wildman–Crippen MR) is 125 cm³/mol. The molecule has 8 nitrogen and oxygen atoms in total. The van der Waals surface area contributed by atoms with Gasteiger partial charge in [0.25, 0.3) is 5.56 Å². The highest BCUT2D eigenvalue weighted by molar-refractivity contribution is 5.67. The Labute approximate surface area is 192 Å². The Morgan fingerprint density at radius 1 is 1.21 bits per heavy atom. The average Bonchev–Trinajstić information content (AvgIpc) is 3.13. The zero-order chi connectivity index (χ0) is 23.7. The number of carbonyl (C=O) groups excluding carboxylic acids is 1. The lowest BCUT2D eigenvalue weighted by molar-refractivity contribution is -0.146. The summed E-state index contributed by atoms with van der Waals surface area (Å²) in [5.74, 6) is 0.767. The first-order valence-electron chi connectivity index (χ1n) is 11.0. The van der Waals surface area contributed by atoms with Crippen LogP contribution in [0.25, 0.3) is 11.3 Å². The molecule has 0 amide bonds. The third kappa shape index (κ3) is 4.20. The maximum absolute atomic E-state index is 13.4. The zero-order valence-electron chi connectivity index (χ0n) is 19.5. The van der Waals surface area contributed by atoms with E-state index in [1.807, 2.05) is 38.1 Å². The van der Waals surface area contributed by atoms with Gasteiger partial charge < -0.3 is 14.8 Å². The van der Waals surface area contributed by atoms with Gasteiger partial charge in [-0.1, -0.05) is 31.2 Å². The summed E-state index contributed by atoms with van der Waals surface area (Å²) in [4.78, 5) is 34.2. The van der Waals surface area contributed by atoms with Gasteiger partial charge in [-0.3, -0.25) is 14.2 Å². The van der Waals surface area contributed by atoms with E-state index in [1.54, 1.807) is 30.9 Å². The number of methoxy groups -OCH3 is 1. The summed E-state index contributed by atoms with van der Waals surface area (Å²) >= 11 is 0. The lowest BCUT2D eigenvalue weighted by atomic mass is 10.1. The SMILES string of the molecule is CCc1nc(-c2ccc(OC)nc2C)c(=O)n(C)c1N[C@H]1c2ccccc2C[C@@H]1OC(C)=O. The summed E-state index contributed by atoms with van der Waals surface area (Å²) in [5, 5.41) is 3.48. The number of anilines is 1. The minimum atomic E-state index is -0.368. The molecular formula is C25H28N4O4. The molecular weight excluding hydrogens is 420 g/mol. The molecule has 0 bridgehead atoms.